The Morgan fingerprint density at radius 1 is 1.22 bits per heavy atom. The van der Waals surface area contributed by atoms with Crippen molar-refractivity contribution in [1.29, 1.82) is 0 Å². The Morgan fingerprint density at radius 3 is 2.67 bits per heavy atom. The van der Waals surface area contributed by atoms with Crippen LogP contribution in [0.1, 0.15) is 44.9 Å². The second-order valence-corrected chi connectivity index (χ2v) is 8.43. The molecule has 0 aromatic rings. The van der Waals surface area contributed by atoms with E-state index >= 15 is 0 Å². The molecule has 1 aliphatic carbocycles. The zero-order valence-corrected chi connectivity index (χ0v) is 12.5. The van der Waals surface area contributed by atoms with Gasteiger partial charge in [0.15, 0.2) is 5.17 Å². The molecule has 0 amide bonds. The number of aliphatic imine (C=N–C) groups is 1. The molecule has 0 radical (unpaired) electrons. The van der Waals surface area contributed by atoms with Gasteiger partial charge in [-0.2, -0.15) is 0 Å². The van der Waals surface area contributed by atoms with Crippen molar-refractivity contribution in [3.63, 3.8) is 0 Å². The molecular formula is C13H22N2OS2. The van der Waals surface area contributed by atoms with Gasteiger partial charge in [0.2, 0.25) is 0 Å². The maximum Gasteiger partial charge on any atom is 0.157 e. The molecule has 1 N–H and O–H groups in total. The van der Waals surface area contributed by atoms with Crippen molar-refractivity contribution in [2.24, 2.45) is 4.99 Å². The topological polar surface area (TPSA) is 41.5 Å². The second-order valence-electron chi connectivity index (χ2n) is 5.77. The molecule has 18 heavy (non-hydrogen) atoms. The first-order chi connectivity index (χ1) is 8.76. The SMILES string of the molecule is O=S1CCC(N=C2NC3(CCCCC3)CS2)CC1. The Balaban J connectivity index is 1.59. The monoisotopic (exact) mass is 286 g/mol. The summed E-state index contributed by atoms with van der Waals surface area (Å²) in [4.78, 5) is 4.85. The van der Waals surface area contributed by atoms with E-state index < -0.39 is 10.8 Å². The molecule has 0 aromatic heterocycles. The highest BCUT2D eigenvalue weighted by molar-refractivity contribution is 8.14. The summed E-state index contributed by atoms with van der Waals surface area (Å²) >= 11 is 1.91. The van der Waals surface area contributed by atoms with Crippen molar-refractivity contribution in [2.45, 2.75) is 56.5 Å². The number of hydrogen-bond acceptors (Lipinski definition) is 3. The van der Waals surface area contributed by atoms with Crippen molar-refractivity contribution >= 4 is 27.7 Å². The van der Waals surface area contributed by atoms with Gasteiger partial charge in [-0.3, -0.25) is 9.20 Å². The molecule has 2 aliphatic heterocycles. The Kier molecular flexibility index (Phi) is 3.99. The predicted molar refractivity (Wildman–Crippen MR) is 79.7 cm³/mol. The van der Waals surface area contributed by atoms with E-state index in [9.17, 15) is 4.21 Å². The molecule has 0 aromatic carbocycles. The van der Waals surface area contributed by atoms with Crippen molar-refractivity contribution in [3.8, 4) is 0 Å². The first kappa shape index (κ1) is 13.0. The van der Waals surface area contributed by atoms with Gasteiger partial charge in [0.1, 0.15) is 0 Å². The molecule has 3 fully saturated rings. The van der Waals surface area contributed by atoms with Crippen LogP contribution in [0, 0.1) is 0 Å². The highest BCUT2D eigenvalue weighted by Gasteiger charge is 2.38. The normalized spacial score (nSPS) is 37.9. The summed E-state index contributed by atoms with van der Waals surface area (Å²) in [6, 6.07) is 0.413. The number of amidine groups is 1. The lowest BCUT2D eigenvalue weighted by molar-refractivity contribution is 0.303. The quantitative estimate of drug-likeness (QED) is 0.804. The minimum Gasteiger partial charge on any atom is -0.359 e. The number of nitrogens with one attached hydrogen (secondary N) is 1. The molecule has 3 nitrogen and oxygen atoms in total. The Morgan fingerprint density at radius 2 is 1.94 bits per heavy atom. The van der Waals surface area contributed by atoms with Gasteiger partial charge in [0, 0.05) is 33.6 Å². The van der Waals surface area contributed by atoms with Crippen LogP contribution in [0.25, 0.3) is 0 Å². The summed E-state index contributed by atoms with van der Waals surface area (Å²) < 4.78 is 11.3. The van der Waals surface area contributed by atoms with E-state index in [1.807, 2.05) is 11.8 Å². The highest BCUT2D eigenvalue weighted by atomic mass is 32.2. The zero-order valence-electron chi connectivity index (χ0n) is 10.8. The summed E-state index contributed by atoms with van der Waals surface area (Å²) in [6.07, 6.45) is 8.76. The van der Waals surface area contributed by atoms with E-state index in [0.717, 1.165) is 29.5 Å². The molecule has 2 heterocycles. The van der Waals surface area contributed by atoms with Crippen LogP contribution >= 0.6 is 11.8 Å². The van der Waals surface area contributed by atoms with Crippen LogP contribution in [-0.4, -0.2) is 38.2 Å². The van der Waals surface area contributed by atoms with Crippen LogP contribution < -0.4 is 5.32 Å². The van der Waals surface area contributed by atoms with E-state index in [0.29, 0.717) is 11.6 Å². The van der Waals surface area contributed by atoms with Gasteiger partial charge >= 0.3 is 0 Å². The fraction of sp³-hybridized carbons (Fsp3) is 0.923. The van der Waals surface area contributed by atoms with Crippen LogP contribution in [0.2, 0.25) is 0 Å². The summed E-state index contributed by atoms with van der Waals surface area (Å²) in [7, 11) is -0.571. The summed E-state index contributed by atoms with van der Waals surface area (Å²) in [6.45, 7) is 0. The van der Waals surface area contributed by atoms with Crippen molar-refractivity contribution in [2.75, 3.05) is 17.3 Å². The lowest BCUT2D eigenvalue weighted by atomic mass is 9.83. The molecule has 102 valence electrons. The average Bonchev–Trinajstić information content (AvgIpc) is 2.76. The molecule has 5 heteroatoms. The lowest BCUT2D eigenvalue weighted by Gasteiger charge is -2.32. The molecule has 3 aliphatic rings. The molecule has 0 bridgehead atoms. The van der Waals surface area contributed by atoms with Crippen LogP contribution in [-0.2, 0) is 10.8 Å². The van der Waals surface area contributed by atoms with E-state index in [4.69, 9.17) is 4.99 Å². The smallest absolute Gasteiger partial charge is 0.157 e. The number of hydrogen-bond donors (Lipinski definition) is 1. The molecular weight excluding hydrogens is 264 g/mol. The van der Waals surface area contributed by atoms with Gasteiger partial charge < -0.3 is 5.32 Å². The maximum absolute atomic E-state index is 11.3. The van der Waals surface area contributed by atoms with Crippen LogP contribution in [0.5, 0.6) is 0 Å². The van der Waals surface area contributed by atoms with Crippen LogP contribution in [0.4, 0.5) is 0 Å². The molecule has 0 atom stereocenters. The van der Waals surface area contributed by atoms with Gasteiger partial charge in [-0.25, -0.2) is 0 Å². The average molecular weight is 286 g/mol. The number of rotatable bonds is 1. The maximum atomic E-state index is 11.3. The van der Waals surface area contributed by atoms with Crippen molar-refractivity contribution in [1.82, 2.24) is 5.32 Å². The third-order valence-corrected chi connectivity index (χ3v) is 6.89. The minimum absolute atomic E-state index is 0.360. The highest BCUT2D eigenvalue weighted by Crippen LogP contribution is 2.36. The van der Waals surface area contributed by atoms with Crippen LogP contribution in [0.15, 0.2) is 4.99 Å². The zero-order chi connectivity index (χ0) is 12.4. The van der Waals surface area contributed by atoms with Gasteiger partial charge in [0.25, 0.3) is 0 Å². The van der Waals surface area contributed by atoms with Gasteiger partial charge in [0.05, 0.1) is 6.04 Å². The second kappa shape index (κ2) is 5.53. The lowest BCUT2D eigenvalue weighted by Crippen LogP contribution is -2.45. The predicted octanol–water partition coefficient (Wildman–Crippen LogP) is 2.29. The number of thioether (sulfide) groups is 1. The Labute approximate surface area is 116 Å². The third kappa shape index (κ3) is 2.93. The van der Waals surface area contributed by atoms with Gasteiger partial charge in [-0.1, -0.05) is 31.0 Å². The van der Waals surface area contributed by atoms with Gasteiger partial charge in [-0.05, 0) is 25.7 Å². The fourth-order valence-electron chi connectivity index (χ4n) is 3.15. The first-order valence-corrected chi connectivity index (χ1v) is 9.57. The third-order valence-electron chi connectivity index (χ3n) is 4.33. The Bertz CT molecular complexity index is 354. The van der Waals surface area contributed by atoms with E-state index in [1.165, 1.54) is 37.9 Å². The largest absolute Gasteiger partial charge is 0.359 e. The van der Waals surface area contributed by atoms with Crippen LogP contribution in [0.3, 0.4) is 0 Å². The Hall–Kier alpha value is -0.0300. The number of nitrogens with zero attached hydrogens (tertiary/aromatic N) is 1. The molecule has 3 rings (SSSR count). The first-order valence-electron chi connectivity index (χ1n) is 7.10. The van der Waals surface area contributed by atoms with E-state index in [2.05, 4.69) is 5.32 Å². The molecule has 1 spiro atoms. The minimum atomic E-state index is -0.571. The summed E-state index contributed by atoms with van der Waals surface area (Å²) in [5.74, 6) is 2.89. The summed E-state index contributed by atoms with van der Waals surface area (Å²) in [5.41, 5.74) is 0.360. The standard InChI is InChI=1S/C13H22N2OS2/c16-18-8-4-11(5-9-18)14-12-15-13(10-17-12)6-2-1-3-7-13/h11H,1-10H2,(H,14,15). The van der Waals surface area contributed by atoms with E-state index in [-0.39, 0.29) is 0 Å². The fourth-order valence-corrected chi connectivity index (χ4v) is 5.71. The molecule has 1 saturated carbocycles. The molecule has 2 saturated heterocycles. The van der Waals surface area contributed by atoms with Gasteiger partial charge in [-0.15, -0.1) is 0 Å². The van der Waals surface area contributed by atoms with Crippen molar-refractivity contribution in [3.05, 3.63) is 0 Å². The van der Waals surface area contributed by atoms with Crippen molar-refractivity contribution < 1.29 is 4.21 Å². The summed E-state index contributed by atoms with van der Waals surface area (Å²) in [5, 5.41) is 4.86. The van der Waals surface area contributed by atoms with E-state index in [1.54, 1.807) is 0 Å². The molecule has 0 unspecified atom stereocenters.